The number of benzene rings is 1. The van der Waals surface area contributed by atoms with Crippen LogP contribution in [0.25, 0.3) is 5.69 Å². The number of thiazole rings is 1. The highest BCUT2D eigenvalue weighted by Gasteiger charge is 2.25. The van der Waals surface area contributed by atoms with Crippen molar-refractivity contribution < 1.29 is 13.2 Å². The molecule has 3 heterocycles. The van der Waals surface area contributed by atoms with Crippen molar-refractivity contribution in [3.05, 3.63) is 70.3 Å². The van der Waals surface area contributed by atoms with Gasteiger partial charge in [-0.2, -0.15) is 5.10 Å². The number of nitrogens with one attached hydrogen (secondary N) is 1. The van der Waals surface area contributed by atoms with Crippen molar-refractivity contribution in [1.29, 1.82) is 0 Å². The maximum absolute atomic E-state index is 13.0. The summed E-state index contributed by atoms with van der Waals surface area (Å²) in [6.45, 7) is 3.85. The van der Waals surface area contributed by atoms with Crippen LogP contribution in [0.5, 0.6) is 0 Å². The fourth-order valence-electron chi connectivity index (χ4n) is 3.02. The first-order valence-electron chi connectivity index (χ1n) is 9.72. The minimum Gasteiger partial charge on any atom is -0.274 e. The Balaban J connectivity index is 1.51. The average Bonchev–Trinajstić information content (AvgIpc) is 3.49. The molecule has 0 fully saturated rings. The molecule has 4 rings (SSSR count). The van der Waals surface area contributed by atoms with E-state index in [2.05, 4.69) is 14.8 Å². The molecule has 0 atom stereocenters. The third kappa shape index (κ3) is 5.12. The van der Waals surface area contributed by atoms with E-state index >= 15 is 0 Å². The van der Waals surface area contributed by atoms with Crippen LogP contribution in [0.15, 0.2) is 66.7 Å². The molecule has 1 N–H and O–H groups in total. The molecule has 1 aromatic carbocycles. The molecule has 0 saturated heterocycles. The monoisotopic (exact) mass is 504 g/mol. The van der Waals surface area contributed by atoms with E-state index in [4.69, 9.17) is 0 Å². The van der Waals surface area contributed by atoms with Crippen molar-refractivity contribution in [3.63, 3.8) is 0 Å². The van der Waals surface area contributed by atoms with Crippen LogP contribution in [0.1, 0.15) is 24.0 Å². The summed E-state index contributed by atoms with van der Waals surface area (Å²) in [5, 5.41) is 8.09. The number of sulfonamides is 1. The summed E-state index contributed by atoms with van der Waals surface area (Å²) in [4.78, 5) is 17.7. The van der Waals surface area contributed by atoms with Crippen molar-refractivity contribution in [2.45, 2.75) is 40.1 Å². The SMILES string of the molecule is CCc1csc(Sc2ccsc2S(=O)(=O)NC(=O)Cc2cc(C)nn2-c2ccccc2)n1. The number of hydrogen-bond acceptors (Lipinski definition) is 8. The molecule has 32 heavy (non-hydrogen) atoms. The lowest BCUT2D eigenvalue weighted by molar-refractivity contribution is -0.118. The molecule has 0 spiro atoms. The van der Waals surface area contributed by atoms with Crippen LogP contribution in [-0.2, 0) is 27.7 Å². The molecule has 1 amide bonds. The summed E-state index contributed by atoms with van der Waals surface area (Å²) >= 11 is 3.84. The molecule has 0 aliphatic heterocycles. The Morgan fingerprint density at radius 1 is 1.19 bits per heavy atom. The van der Waals surface area contributed by atoms with Gasteiger partial charge < -0.3 is 0 Å². The average molecular weight is 505 g/mol. The predicted molar refractivity (Wildman–Crippen MR) is 127 cm³/mol. The van der Waals surface area contributed by atoms with Gasteiger partial charge in [-0.1, -0.05) is 36.9 Å². The first-order valence-corrected chi connectivity index (χ1v) is 13.8. The summed E-state index contributed by atoms with van der Waals surface area (Å²) in [5.74, 6) is -0.617. The zero-order valence-corrected chi connectivity index (χ0v) is 20.6. The Bertz CT molecular complexity index is 1340. The van der Waals surface area contributed by atoms with Gasteiger partial charge >= 0.3 is 0 Å². The van der Waals surface area contributed by atoms with Crippen molar-refractivity contribution >= 4 is 50.4 Å². The number of amides is 1. The molecular formula is C21H20N4O3S4. The van der Waals surface area contributed by atoms with Gasteiger partial charge in [0.2, 0.25) is 5.91 Å². The topological polar surface area (TPSA) is 94.0 Å². The number of aryl methyl sites for hydroxylation is 2. The molecular weight excluding hydrogens is 485 g/mol. The van der Waals surface area contributed by atoms with Crippen LogP contribution < -0.4 is 4.72 Å². The first-order chi connectivity index (χ1) is 15.4. The number of para-hydroxylation sites is 1. The minimum absolute atomic E-state index is 0.108. The van der Waals surface area contributed by atoms with E-state index in [1.165, 1.54) is 23.1 Å². The Labute approximate surface area is 198 Å². The van der Waals surface area contributed by atoms with E-state index in [9.17, 15) is 13.2 Å². The molecule has 166 valence electrons. The van der Waals surface area contributed by atoms with Crippen molar-refractivity contribution in [2.24, 2.45) is 0 Å². The van der Waals surface area contributed by atoms with Gasteiger partial charge in [-0.3, -0.25) is 4.79 Å². The highest BCUT2D eigenvalue weighted by atomic mass is 32.2. The highest BCUT2D eigenvalue weighted by Crippen LogP contribution is 2.37. The van der Waals surface area contributed by atoms with Crippen LogP contribution in [0.4, 0.5) is 0 Å². The normalized spacial score (nSPS) is 11.6. The van der Waals surface area contributed by atoms with Gasteiger partial charge in [0, 0.05) is 10.3 Å². The Hall–Kier alpha value is -2.47. The van der Waals surface area contributed by atoms with Crippen molar-refractivity contribution in [3.8, 4) is 5.69 Å². The van der Waals surface area contributed by atoms with E-state index in [-0.39, 0.29) is 10.6 Å². The molecule has 0 bridgehead atoms. The summed E-state index contributed by atoms with van der Waals surface area (Å²) in [7, 11) is -4.01. The standard InChI is InChI=1S/C21H20N4O3S4/c1-3-15-13-30-21(22-15)31-18-9-10-29-20(18)32(27,28)24-19(26)12-17-11-14(2)23-25(17)16-7-5-4-6-8-16/h4-11,13H,3,12H2,1-2H3,(H,24,26). The fraction of sp³-hybridized carbons (Fsp3) is 0.190. The summed E-state index contributed by atoms with van der Waals surface area (Å²) in [6, 6.07) is 12.9. The van der Waals surface area contributed by atoms with Gasteiger partial charge in [-0.25, -0.2) is 22.8 Å². The minimum atomic E-state index is -4.01. The molecule has 0 unspecified atom stereocenters. The lowest BCUT2D eigenvalue weighted by Crippen LogP contribution is -2.32. The zero-order valence-electron chi connectivity index (χ0n) is 17.3. The van der Waals surface area contributed by atoms with Crippen LogP contribution in [-0.4, -0.2) is 29.1 Å². The van der Waals surface area contributed by atoms with Gasteiger partial charge in [-0.05, 0) is 43.0 Å². The Morgan fingerprint density at radius 2 is 1.97 bits per heavy atom. The Kier molecular flexibility index (Phi) is 6.79. The quantitative estimate of drug-likeness (QED) is 0.381. The van der Waals surface area contributed by atoms with E-state index in [1.807, 2.05) is 49.6 Å². The summed E-state index contributed by atoms with van der Waals surface area (Å²) < 4.78 is 30.6. The largest absolute Gasteiger partial charge is 0.274 e. The number of hydrogen-bond donors (Lipinski definition) is 1. The fourth-order valence-corrected chi connectivity index (χ4v) is 7.74. The molecule has 0 aliphatic carbocycles. The second-order valence-corrected chi connectivity index (χ2v) is 11.8. The third-order valence-electron chi connectivity index (χ3n) is 4.43. The van der Waals surface area contributed by atoms with E-state index in [1.54, 1.807) is 22.2 Å². The first kappa shape index (κ1) is 22.7. The number of aromatic nitrogens is 3. The Morgan fingerprint density at radius 3 is 2.69 bits per heavy atom. The predicted octanol–water partition coefficient (Wildman–Crippen LogP) is 4.46. The van der Waals surface area contributed by atoms with Gasteiger partial charge in [0.25, 0.3) is 10.0 Å². The number of thiophene rings is 1. The molecule has 0 radical (unpaired) electrons. The highest BCUT2D eigenvalue weighted by molar-refractivity contribution is 8.02. The van der Waals surface area contributed by atoms with E-state index in [0.717, 1.165) is 39.2 Å². The molecule has 0 saturated carbocycles. The zero-order chi connectivity index (χ0) is 22.7. The third-order valence-corrected chi connectivity index (χ3v) is 9.59. The van der Waals surface area contributed by atoms with Crippen LogP contribution >= 0.6 is 34.4 Å². The molecule has 0 aliphatic rings. The smallest absolute Gasteiger partial charge is 0.274 e. The van der Waals surface area contributed by atoms with Crippen molar-refractivity contribution in [1.82, 2.24) is 19.5 Å². The number of carbonyl (C=O) groups excluding carboxylic acids is 1. The maximum atomic E-state index is 13.0. The second kappa shape index (κ2) is 9.57. The van der Waals surface area contributed by atoms with E-state index in [0.29, 0.717) is 10.6 Å². The van der Waals surface area contributed by atoms with Gasteiger partial charge in [-0.15, -0.1) is 22.7 Å². The van der Waals surface area contributed by atoms with Gasteiger partial charge in [0.15, 0.2) is 8.55 Å². The summed E-state index contributed by atoms with van der Waals surface area (Å²) in [6.07, 6.45) is 0.704. The van der Waals surface area contributed by atoms with Gasteiger partial charge in [0.1, 0.15) is 0 Å². The van der Waals surface area contributed by atoms with E-state index < -0.39 is 15.9 Å². The lowest BCUT2D eigenvalue weighted by atomic mass is 10.2. The number of nitrogens with zero attached hydrogens (tertiary/aromatic N) is 3. The number of carbonyl (C=O) groups is 1. The van der Waals surface area contributed by atoms with Crippen molar-refractivity contribution in [2.75, 3.05) is 0 Å². The molecule has 11 heteroatoms. The van der Waals surface area contributed by atoms with Gasteiger partial charge in [0.05, 0.1) is 29.2 Å². The lowest BCUT2D eigenvalue weighted by Gasteiger charge is -2.09. The molecule has 4 aromatic rings. The maximum Gasteiger partial charge on any atom is 0.274 e. The van der Waals surface area contributed by atoms with Crippen LogP contribution in [0, 0.1) is 6.92 Å². The number of rotatable bonds is 8. The molecule has 3 aromatic heterocycles. The molecule has 7 nitrogen and oxygen atoms in total. The second-order valence-electron chi connectivity index (χ2n) is 6.86. The van der Waals surface area contributed by atoms with Crippen LogP contribution in [0.3, 0.4) is 0 Å². The summed E-state index contributed by atoms with van der Waals surface area (Å²) in [5.41, 5.74) is 3.12. The van der Waals surface area contributed by atoms with Crippen LogP contribution in [0.2, 0.25) is 0 Å².